The van der Waals surface area contributed by atoms with Crippen LogP contribution in [0.3, 0.4) is 0 Å². The molecule has 0 saturated heterocycles. The van der Waals surface area contributed by atoms with Gasteiger partial charge in [0.15, 0.2) is 0 Å². The van der Waals surface area contributed by atoms with Crippen LogP contribution in [0.25, 0.3) is 0 Å². The molecule has 3 nitrogen and oxygen atoms in total. The molecule has 0 aliphatic heterocycles. The summed E-state index contributed by atoms with van der Waals surface area (Å²) in [5.41, 5.74) is 0.791. The molecule has 14 heavy (non-hydrogen) atoms. The van der Waals surface area contributed by atoms with Crippen molar-refractivity contribution in [2.45, 2.75) is 6.42 Å². The average Bonchev–Trinajstić information content (AvgIpc) is 2.21. The Bertz CT molecular complexity index is 331. The molecule has 0 heterocycles. The number of ether oxygens (including phenoxy) is 2. The first-order chi connectivity index (χ1) is 6.77. The van der Waals surface area contributed by atoms with E-state index in [-0.39, 0.29) is 12.4 Å². The van der Waals surface area contributed by atoms with E-state index in [0.717, 1.165) is 5.56 Å². The van der Waals surface area contributed by atoms with Crippen LogP contribution in [0.15, 0.2) is 37.1 Å². The molecule has 0 aliphatic carbocycles. The van der Waals surface area contributed by atoms with E-state index in [9.17, 15) is 4.79 Å². The van der Waals surface area contributed by atoms with E-state index in [4.69, 9.17) is 4.74 Å². The smallest absolute Gasteiger partial charge is 0.310 e. The standard InChI is InChI=1S/C11H12O3/c1-3-14-10-7-5-4-6-9(10)8-11(12)13-2/h3-7H,1,8H2,2H3. The number of methoxy groups -OCH3 is 1. The van der Waals surface area contributed by atoms with Crippen LogP contribution in [-0.4, -0.2) is 13.1 Å². The highest BCUT2D eigenvalue weighted by molar-refractivity contribution is 5.73. The van der Waals surface area contributed by atoms with E-state index in [1.165, 1.54) is 13.4 Å². The number of hydrogen-bond donors (Lipinski definition) is 0. The number of carbonyl (C=O) groups is 1. The van der Waals surface area contributed by atoms with Crippen LogP contribution >= 0.6 is 0 Å². The first-order valence-corrected chi connectivity index (χ1v) is 4.20. The van der Waals surface area contributed by atoms with Crippen molar-refractivity contribution in [2.75, 3.05) is 7.11 Å². The summed E-state index contributed by atoms with van der Waals surface area (Å²) in [6.07, 6.45) is 1.54. The Morgan fingerprint density at radius 3 is 2.86 bits per heavy atom. The van der Waals surface area contributed by atoms with Crippen LogP contribution in [0.2, 0.25) is 0 Å². The Morgan fingerprint density at radius 2 is 2.21 bits per heavy atom. The van der Waals surface area contributed by atoms with Crippen molar-refractivity contribution in [1.82, 2.24) is 0 Å². The van der Waals surface area contributed by atoms with Crippen LogP contribution in [0.4, 0.5) is 0 Å². The second-order valence-electron chi connectivity index (χ2n) is 2.65. The Morgan fingerprint density at radius 1 is 1.50 bits per heavy atom. The van der Waals surface area contributed by atoms with Gasteiger partial charge in [0, 0.05) is 5.56 Å². The number of hydrogen-bond acceptors (Lipinski definition) is 3. The summed E-state index contributed by atoms with van der Waals surface area (Å²) in [5.74, 6) is 0.345. The average molecular weight is 192 g/mol. The van der Waals surface area contributed by atoms with Crippen molar-refractivity contribution < 1.29 is 14.3 Å². The topological polar surface area (TPSA) is 35.5 Å². The van der Waals surface area contributed by atoms with Crippen LogP contribution < -0.4 is 4.74 Å². The highest BCUT2D eigenvalue weighted by Crippen LogP contribution is 2.18. The van der Waals surface area contributed by atoms with Gasteiger partial charge in [-0.25, -0.2) is 0 Å². The van der Waals surface area contributed by atoms with Crippen LogP contribution in [0.5, 0.6) is 5.75 Å². The Kier molecular flexibility index (Phi) is 3.73. The van der Waals surface area contributed by atoms with Gasteiger partial charge in [-0.15, -0.1) is 0 Å². The van der Waals surface area contributed by atoms with Gasteiger partial charge in [-0.05, 0) is 6.07 Å². The lowest BCUT2D eigenvalue weighted by molar-refractivity contribution is -0.139. The summed E-state index contributed by atoms with van der Waals surface area (Å²) in [4.78, 5) is 11.0. The Balaban J connectivity index is 2.83. The molecule has 3 heteroatoms. The van der Waals surface area contributed by atoms with Gasteiger partial charge in [-0.3, -0.25) is 4.79 Å². The highest BCUT2D eigenvalue weighted by Gasteiger charge is 2.07. The summed E-state index contributed by atoms with van der Waals surface area (Å²) in [6, 6.07) is 7.27. The molecule has 0 aromatic heterocycles. The van der Waals surface area contributed by atoms with Crippen molar-refractivity contribution in [2.24, 2.45) is 0 Å². The van der Waals surface area contributed by atoms with Gasteiger partial charge in [0.1, 0.15) is 5.75 Å². The molecule has 0 spiro atoms. The summed E-state index contributed by atoms with van der Waals surface area (Å²) in [5, 5.41) is 0. The molecule has 0 saturated carbocycles. The lowest BCUT2D eigenvalue weighted by Crippen LogP contribution is -2.05. The molecular weight excluding hydrogens is 180 g/mol. The van der Waals surface area contributed by atoms with E-state index < -0.39 is 0 Å². The quantitative estimate of drug-likeness (QED) is 0.540. The highest BCUT2D eigenvalue weighted by atomic mass is 16.5. The minimum Gasteiger partial charge on any atom is -0.469 e. The zero-order chi connectivity index (χ0) is 10.4. The molecule has 0 bridgehead atoms. The molecule has 1 aromatic rings. The van der Waals surface area contributed by atoms with Crippen LogP contribution in [-0.2, 0) is 16.0 Å². The molecule has 0 atom stereocenters. The third kappa shape index (κ3) is 2.62. The number of carbonyl (C=O) groups excluding carboxylic acids is 1. The predicted octanol–water partition coefficient (Wildman–Crippen LogP) is 1.92. The zero-order valence-electron chi connectivity index (χ0n) is 8.03. The monoisotopic (exact) mass is 192 g/mol. The van der Waals surface area contributed by atoms with Gasteiger partial charge < -0.3 is 9.47 Å². The summed E-state index contributed by atoms with van der Waals surface area (Å²) in [6.45, 7) is 3.46. The fourth-order valence-corrected chi connectivity index (χ4v) is 1.08. The largest absolute Gasteiger partial charge is 0.469 e. The van der Waals surface area contributed by atoms with Crippen LogP contribution in [0, 0.1) is 0 Å². The van der Waals surface area contributed by atoms with E-state index >= 15 is 0 Å². The van der Waals surface area contributed by atoms with E-state index in [1.807, 2.05) is 18.2 Å². The van der Waals surface area contributed by atoms with Crippen molar-refractivity contribution in [3.05, 3.63) is 42.7 Å². The molecule has 0 aliphatic rings. The Labute approximate surface area is 83.0 Å². The normalized spacial score (nSPS) is 9.21. The summed E-state index contributed by atoms with van der Waals surface area (Å²) in [7, 11) is 1.36. The first kappa shape index (κ1) is 10.3. The number of esters is 1. The summed E-state index contributed by atoms with van der Waals surface area (Å²) >= 11 is 0. The van der Waals surface area contributed by atoms with Crippen LogP contribution in [0.1, 0.15) is 5.56 Å². The molecule has 0 N–H and O–H groups in total. The van der Waals surface area contributed by atoms with Gasteiger partial charge in [0.2, 0.25) is 0 Å². The number of benzene rings is 1. The van der Waals surface area contributed by atoms with E-state index in [2.05, 4.69) is 11.3 Å². The Hall–Kier alpha value is -1.77. The van der Waals surface area contributed by atoms with Crippen molar-refractivity contribution in [3.8, 4) is 5.75 Å². The minimum absolute atomic E-state index is 0.209. The lowest BCUT2D eigenvalue weighted by Gasteiger charge is -2.06. The second-order valence-corrected chi connectivity index (χ2v) is 2.65. The predicted molar refractivity (Wildman–Crippen MR) is 53.0 cm³/mol. The lowest BCUT2D eigenvalue weighted by atomic mass is 10.1. The van der Waals surface area contributed by atoms with Gasteiger partial charge in [0.05, 0.1) is 19.8 Å². The fraction of sp³-hybridized carbons (Fsp3) is 0.182. The first-order valence-electron chi connectivity index (χ1n) is 4.20. The fourth-order valence-electron chi connectivity index (χ4n) is 1.08. The number of para-hydroxylation sites is 1. The maximum Gasteiger partial charge on any atom is 0.310 e. The minimum atomic E-state index is -0.287. The molecule has 1 rings (SSSR count). The maximum atomic E-state index is 11.0. The van der Waals surface area contributed by atoms with Crippen molar-refractivity contribution in [3.63, 3.8) is 0 Å². The molecule has 0 amide bonds. The zero-order valence-corrected chi connectivity index (χ0v) is 8.03. The van der Waals surface area contributed by atoms with Gasteiger partial charge in [-0.2, -0.15) is 0 Å². The molecule has 0 radical (unpaired) electrons. The van der Waals surface area contributed by atoms with Crippen molar-refractivity contribution in [1.29, 1.82) is 0 Å². The molecule has 0 fully saturated rings. The third-order valence-electron chi connectivity index (χ3n) is 1.75. The third-order valence-corrected chi connectivity index (χ3v) is 1.75. The molecule has 1 aromatic carbocycles. The van der Waals surface area contributed by atoms with Gasteiger partial charge in [0.25, 0.3) is 0 Å². The molecular formula is C11H12O3. The van der Waals surface area contributed by atoms with E-state index in [0.29, 0.717) is 5.75 Å². The van der Waals surface area contributed by atoms with E-state index in [1.54, 1.807) is 6.07 Å². The van der Waals surface area contributed by atoms with Crippen molar-refractivity contribution >= 4 is 5.97 Å². The van der Waals surface area contributed by atoms with Gasteiger partial charge >= 0.3 is 5.97 Å². The second kappa shape index (κ2) is 5.07. The molecule has 74 valence electrons. The number of rotatable bonds is 4. The SMILES string of the molecule is C=COc1ccccc1CC(=O)OC. The molecule has 0 unspecified atom stereocenters. The maximum absolute atomic E-state index is 11.0. The van der Waals surface area contributed by atoms with Gasteiger partial charge in [-0.1, -0.05) is 24.8 Å². The summed E-state index contributed by atoms with van der Waals surface area (Å²) < 4.78 is 9.71.